The van der Waals surface area contributed by atoms with E-state index in [1.54, 1.807) is 30.3 Å². The number of anilines is 1. The second kappa shape index (κ2) is 7.27. The van der Waals surface area contributed by atoms with Crippen LogP contribution < -0.4 is 14.7 Å². The first-order valence-corrected chi connectivity index (χ1v) is 8.03. The number of phosphoric acid groups is 1. The molecule has 0 aliphatic carbocycles. The molecule has 0 saturated carbocycles. The van der Waals surface area contributed by atoms with Gasteiger partial charge in [0.1, 0.15) is 5.75 Å². The Balaban J connectivity index is 1.82. The van der Waals surface area contributed by atoms with Crippen LogP contribution in [0.4, 0.5) is 5.69 Å². The molecular weight excluding hydrogens is 289 g/mol. The summed E-state index contributed by atoms with van der Waals surface area (Å²) in [6.07, 6.45) is 0. The van der Waals surface area contributed by atoms with Gasteiger partial charge in [-0.15, -0.1) is 0 Å². The Bertz CT molecular complexity index is 591. The zero-order valence-corrected chi connectivity index (χ0v) is 12.5. The maximum atomic E-state index is 11.7. The van der Waals surface area contributed by atoms with Gasteiger partial charge >= 0.3 is 7.82 Å². The quantitative estimate of drug-likeness (QED) is 0.796. The molecule has 2 atom stereocenters. The predicted molar refractivity (Wildman–Crippen MR) is 80.2 cm³/mol. The van der Waals surface area contributed by atoms with E-state index in [4.69, 9.17) is 9.05 Å². The molecule has 0 aliphatic heterocycles. The van der Waals surface area contributed by atoms with Crippen molar-refractivity contribution in [3.8, 4) is 5.75 Å². The van der Waals surface area contributed by atoms with Gasteiger partial charge in [0.15, 0.2) is 0 Å². The summed E-state index contributed by atoms with van der Waals surface area (Å²) in [7, 11) is -4.36. The van der Waals surface area contributed by atoms with E-state index < -0.39 is 7.82 Å². The lowest BCUT2D eigenvalue weighted by Gasteiger charge is -2.25. The van der Waals surface area contributed by atoms with Crippen molar-refractivity contribution in [2.45, 2.75) is 13.0 Å². The zero-order valence-electron chi connectivity index (χ0n) is 11.6. The fourth-order valence-electron chi connectivity index (χ4n) is 1.70. The van der Waals surface area contributed by atoms with E-state index in [0.717, 1.165) is 5.69 Å². The molecule has 0 radical (unpaired) electrons. The van der Waals surface area contributed by atoms with E-state index in [2.05, 4.69) is 5.32 Å². The Labute approximate surface area is 124 Å². The third-order valence-corrected chi connectivity index (χ3v) is 3.53. The average Bonchev–Trinajstić information content (AvgIpc) is 2.47. The maximum absolute atomic E-state index is 11.7. The standard InChI is InChI=1S/C15H18NO4P/c1-13(16-14-8-4-2-5-9-14)12-19-21(17,18)20-15-10-6-3-7-11-15/h2-11,13,16H,12H2,1H3,(H,17,18)/p-1. The van der Waals surface area contributed by atoms with Crippen LogP contribution in [0.25, 0.3) is 0 Å². The molecule has 0 aliphatic rings. The van der Waals surface area contributed by atoms with Crippen molar-refractivity contribution >= 4 is 13.5 Å². The highest BCUT2D eigenvalue weighted by molar-refractivity contribution is 7.46. The topological polar surface area (TPSA) is 70.6 Å². The summed E-state index contributed by atoms with van der Waals surface area (Å²) in [5.74, 6) is 0.236. The summed E-state index contributed by atoms with van der Waals surface area (Å²) >= 11 is 0. The summed E-state index contributed by atoms with van der Waals surface area (Å²) in [6, 6.07) is 17.6. The van der Waals surface area contributed by atoms with Gasteiger partial charge in [-0.2, -0.15) is 0 Å². The number of hydrogen-bond acceptors (Lipinski definition) is 5. The van der Waals surface area contributed by atoms with Crippen molar-refractivity contribution in [1.29, 1.82) is 0 Å². The van der Waals surface area contributed by atoms with Crippen molar-refractivity contribution in [2.24, 2.45) is 0 Å². The van der Waals surface area contributed by atoms with Gasteiger partial charge in [-0.25, -0.2) is 0 Å². The molecule has 112 valence electrons. The highest BCUT2D eigenvalue weighted by Crippen LogP contribution is 2.39. The van der Waals surface area contributed by atoms with Crippen molar-refractivity contribution in [2.75, 3.05) is 11.9 Å². The van der Waals surface area contributed by atoms with Crippen LogP contribution in [0.3, 0.4) is 0 Å². The average molecular weight is 306 g/mol. The Morgan fingerprint density at radius 3 is 2.29 bits per heavy atom. The number of nitrogens with one attached hydrogen (secondary N) is 1. The molecule has 2 aromatic rings. The van der Waals surface area contributed by atoms with Gasteiger partial charge in [0.05, 0.1) is 6.61 Å². The fourth-order valence-corrected chi connectivity index (χ4v) is 2.54. The number of benzene rings is 2. The third kappa shape index (κ3) is 5.60. The van der Waals surface area contributed by atoms with E-state index in [1.165, 1.54) is 0 Å². The molecule has 2 aromatic carbocycles. The third-order valence-electron chi connectivity index (χ3n) is 2.63. The predicted octanol–water partition coefficient (Wildman–Crippen LogP) is 3.05. The van der Waals surface area contributed by atoms with E-state index in [1.807, 2.05) is 37.3 Å². The lowest BCUT2D eigenvalue weighted by molar-refractivity contribution is -0.217. The van der Waals surface area contributed by atoms with Crippen LogP contribution in [0.5, 0.6) is 5.75 Å². The van der Waals surface area contributed by atoms with E-state index in [9.17, 15) is 9.46 Å². The molecule has 0 aromatic heterocycles. The summed E-state index contributed by atoms with van der Waals surface area (Å²) in [4.78, 5) is 11.7. The number of hydrogen-bond donors (Lipinski definition) is 1. The Hall–Kier alpha value is -1.81. The molecule has 0 fully saturated rings. The second-order valence-corrected chi connectivity index (χ2v) is 5.89. The Morgan fingerprint density at radius 1 is 1.10 bits per heavy atom. The van der Waals surface area contributed by atoms with E-state index in [0.29, 0.717) is 0 Å². The fraction of sp³-hybridized carbons (Fsp3) is 0.200. The van der Waals surface area contributed by atoms with Gasteiger partial charge in [-0.1, -0.05) is 36.4 Å². The minimum absolute atomic E-state index is 0.0114. The molecule has 0 bridgehead atoms. The van der Waals surface area contributed by atoms with Crippen LogP contribution in [0.15, 0.2) is 60.7 Å². The minimum Gasteiger partial charge on any atom is -0.746 e. The van der Waals surface area contributed by atoms with Crippen molar-refractivity contribution in [3.63, 3.8) is 0 Å². The van der Waals surface area contributed by atoms with Crippen molar-refractivity contribution < 1.29 is 18.5 Å². The lowest BCUT2D eigenvalue weighted by Crippen LogP contribution is -2.23. The molecule has 2 unspecified atom stereocenters. The Kier molecular flexibility index (Phi) is 5.39. The van der Waals surface area contributed by atoms with E-state index in [-0.39, 0.29) is 18.4 Å². The van der Waals surface area contributed by atoms with Crippen LogP contribution in [0.2, 0.25) is 0 Å². The van der Waals surface area contributed by atoms with Crippen LogP contribution in [-0.2, 0) is 9.09 Å². The molecule has 0 amide bonds. The first kappa shape index (κ1) is 15.6. The normalized spacial score (nSPS) is 15.0. The molecular formula is C15H17NO4P-. The first-order valence-electron chi connectivity index (χ1n) is 6.57. The van der Waals surface area contributed by atoms with Crippen LogP contribution in [-0.4, -0.2) is 12.6 Å². The summed E-state index contributed by atoms with van der Waals surface area (Å²) in [5.41, 5.74) is 0.901. The summed E-state index contributed by atoms with van der Waals surface area (Å²) in [5, 5.41) is 3.14. The number of para-hydroxylation sites is 2. The summed E-state index contributed by atoms with van der Waals surface area (Å²) in [6.45, 7) is 1.82. The second-order valence-electron chi connectivity index (χ2n) is 4.56. The SMILES string of the molecule is CC(COP(=O)([O-])Oc1ccccc1)Nc1ccccc1. The largest absolute Gasteiger partial charge is 0.746 e. The molecule has 5 nitrogen and oxygen atoms in total. The Morgan fingerprint density at radius 2 is 1.67 bits per heavy atom. The van der Waals surface area contributed by atoms with Gasteiger partial charge in [-0.3, -0.25) is 4.57 Å². The van der Waals surface area contributed by atoms with Crippen molar-refractivity contribution in [1.82, 2.24) is 0 Å². The highest BCUT2D eigenvalue weighted by Gasteiger charge is 2.13. The van der Waals surface area contributed by atoms with E-state index >= 15 is 0 Å². The van der Waals surface area contributed by atoms with Crippen LogP contribution in [0, 0.1) is 0 Å². The lowest BCUT2D eigenvalue weighted by atomic mass is 10.3. The zero-order chi connectivity index (χ0) is 15.1. The van der Waals surface area contributed by atoms with Gasteiger partial charge < -0.3 is 19.3 Å². The monoisotopic (exact) mass is 306 g/mol. The molecule has 0 saturated heterocycles. The number of phosphoric ester groups is 1. The minimum atomic E-state index is -4.36. The first-order chi connectivity index (χ1) is 10.1. The van der Waals surface area contributed by atoms with Gasteiger partial charge in [0, 0.05) is 11.7 Å². The molecule has 21 heavy (non-hydrogen) atoms. The van der Waals surface area contributed by atoms with Crippen LogP contribution in [0.1, 0.15) is 6.92 Å². The van der Waals surface area contributed by atoms with Crippen LogP contribution >= 0.6 is 7.82 Å². The molecule has 0 spiro atoms. The number of rotatable bonds is 7. The maximum Gasteiger partial charge on any atom is 0.319 e. The summed E-state index contributed by atoms with van der Waals surface area (Å²) < 4.78 is 21.4. The van der Waals surface area contributed by atoms with Gasteiger partial charge in [-0.05, 0) is 31.2 Å². The van der Waals surface area contributed by atoms with Gasteiger partial charge in [0.2, 0.25) is 0 Å². The molecule has 6 heteroatoms. The molecule has 2 rings (SSSR count). The van der Waals surface area contributed by atoms with Crippen molar-refractivity contribution in [3.05, 3.63) is 60.7 Å². The molecule has 1 N–H and O–H groups in total. The smallest absolute Gasteiger partial charge is 0.319 e. The highest BCUT2D eigenvalue weighted by atomic mass is 31.2. The molecule has 0 heterocycles. The van der Waals surface area contributed by atoms with Gasteiger partial charge in [0.25, 0.3) is 0 Å².